The van der Waals surface area contributed by atoms with E-state index in [1.807, 2.05) is 7.05 Å². The number of hydrogen-bond acceptors (Lipinski definition) is 2. The predicted molar refractivity (Wildman–Crippen MR) is 69.1 cm³/mol. The van der Waals surface area contributed by atoms with Gasteiger partial charge in [-0.25, -0.2) is 9.18 Å². The summed E-state index contributed by atoms with van der Waals surface area (Å²) in [5, 5.41) is 5.99. The van der Waals surface area contributed by atoms with Crippen LogP contribution in [0, 0.1) is 5.82 Å². The number of carbonyl (C=O) groups is 1. The molecule has 1 aliphatic heterocycles. The van der Waals surface area contributed by atoms with Gasteiger partial charge in [-0.1, -0.05) is 0 Å². The lowest BCUT2D eigenvalue weighted by Crippen LogP contribution is -2.45. The number of piperidine rings is 1. The monoisotopic (exact) mass is 251 g/mol. The number of halogens is 1. The summed E-state index contributed by atoms with van der Waals surface area (Å²) in [4.78, 5) is 13.7. The molecule has 1 heterocycles. The molecule has 4 nitrogen and oxygen atoms in total. The highest BCUT2D eigenvalue weighted by atomic mass is 19.1. The molecule has 1 fully saturated rings. The molecule has 5 heteroatoms. The lowest BCUT2D eigenvalue weighted by Gasteiger charge is -2.31. The van der Waals surface area contributed by atoms with Gasteiger partial charge in [0.2, 0.25) is 0 Å². The summed E-state index contributed by atoms with van der Waals surface area (Å²) >= 11 is 0. The first-order chi connectivity index (χ1) is 8.69. The van der Waals surface area contributed by atoms with Crippen molar-refractivity contribution >= 4 is 11.7 Å². The van der Waals surface area contributed by atoms with Crippen LogP contribution in [-0.4, -0.2) is 37.1 Å². The Morgan fingerprint density at radius 3 is 2.44 bits per heavy atom. The number of carbonyl (C=O) groups excluding carboxylic acids is 1. The van der Waals surface area contributed by atoms with Crippen LogP contribution in [0.1, 0.15) is 12.8 Å². The van der Waals surface area contributed by atoms with Crippen LogP contribution in [-0.2, 0) is 0 Å². The molecule has 1 aromatic carbocycles. The van der Waals surface area contributed by atoms with Gasteiger partial charge in [-0.05, 0) is 44.2 Å². The molecule has 1 aromatic rings. The van der Waals surface area contributed by atoms with Gasteiger partial charge in [-0.2, -0.15) is 0 Å². The average Bonchev–Trinajstić information content (AvgIpc) is 2.41. The van der Waals surface area contributed by atoms with Crippen molar-refractivity contribution in [2.24, 2.45) is 0 Å². The smallest absolute Gasteiger partial charge is 0.321 e. The van der Waals surface area contributed by atoms with E-state index >= 15 is 0 Å². The molecule has 2 N–H and O–H groups in total. The van der Waals surface area contributed by atoms with Crippen molar-refractivity contribution in [1.29, 1.82) is 0 Å². The third kappa shape index (κ3) is 3.20. The van der Waals surface area contributed by atoms with E-state index < -0.39 is 0 Å². The molecule has 0 aromatic heterocycles. The van der Waals surface area contributed by atoms with Crippen molar-refractivity contribution < 1.29 is 9.18 Å². The van der Waals surface area contributed by atoms with Gasteiger partial charge in [0.1, 0.15) is 5.82 Å². The number of urea groups is 1. The summed E-state index contributed by atoms with van der Waals surface area (Å²) in [6.45, 7) is 1.50. The van der Waals surface area contributed by atoms with Crippen LogP contribution in [0.5, 0.6) is 0 Å². The number of anilines is 1. The molecule has 0 bridgehead atoms. The van der Waals surface area contributed by atoms with E-state index in [4.69, 9.17) is 0 Å². The first-order valence-corrected chi connectivity index (χ1v) is 6.18. The van der Waals surface area contributed by atoms with Gasteiger partial charge in [-0.3, -0.25) is 0 Å². The second-order valence-electron chi connectivity index (χ2n) is 4.49. The zero-order chi connectivity index (χ0) is 13.0. The molecule has 0 aliphatic carbocycles. The van der Waals surface area contributed by atoms with Crippen LogP contribution >= 0.6 is 0 Å². The molecular formula is C13H18FN3O. The van der Waals surface area contributed by atoms with E-state index in [2.05, 4.69) is 10.6 Å². The SMILES string of the molecule is CNC1CCN(C(=O)Nc2ccc(F)cc2)CC1. The van der Waals surface area contributed by atoms with Crippen molar-refractivity contribution in [3.63, 3.8) is 0 Å². The summed E-state index contributed by atoms with van der Waals surface area (Å²) in [5.74, 6) is -0.303. The van der Waals surface area contributed by atoms with E-state index in [9.17, 15) is 9.18 Å². The molecule has 0 unspecified atom stereocenters. The molecule has 0 radical (unpaired) electrons. The number of likely N-dealkylation sites (tertiary alicyclic amines) is 1. The second-order valence-corrected chi connectivity index (χ2v) is 4.49. The molecule has 2 rings (SSSR count). The molecule has 1 saturated heterocycles. The van der Waals surface area contributed by atoms with Gasteiger partial charge in [-0.15, -0.1) is 0 Å². The highest BCUT2D eigenvalue weighted by molar-refractivity contribution is 5.89. The standard InChI is InChI=1S/C13H18FN3O/c1-15-11-6-8-17(9-7-11)13(18)16-12-4-2-10(14)3-5-12/h2-5,11,15H,6-9H2,1H3,(H,16,18). The van der Waals surface area contributed by atoms with Crippen LogP contribution in [0.2, 0.25) is 0 Å². The molecule has 18 heavy (non-hydrogen) atoms. The number of hydrogen-bond donors (Lipinski definition) is 2. The highest BCUT2D eigenvalue weighted by Gasteiger charge is 2.21. The summed E-state index contributed by atoms with van der Waals surface area (Å²) in [6, 6.07) is 6.18. The second kappa shape index (κ2) is 5.82. The average molecular weight is 251 g/mol. The Morgan fingerprint density at radius 1 is 1.28 bits per heavy atom. The fourth-order valence-electron chi connectivity index (χ4n) is 2.11. The van der Waals surface area contributed by atoms with Crippen LogP contribution in [0.15, 0.2) is 24.3 Å². The van der Waals surface area contributed by atoms with Crippen LogP contribution in [0.4, 0.5) is 14.9 Å². The Hall–Kier alpha value is -1.62. The topological polar surface area (TPSA) is 44.4 Å². The maximum atomic E-state index is 12.7. The highest BCUT2D eigenvalue weighted by Crippen LogP contribution is 2.13. The van der Waals surface area contributed by atoms with E-state index in [1.54, 1.807) is 17.0 Å². The van der Waals surface area contributed by atoms with Gasteiger partial charge < -0.3 is 15.5 Å². The lowest BCUT2D eigenvalue weighted by molar-refractivity contribution is 0.190. The summed E-state index contributed by atoms with van der Waals surface area (Å²) < 4.78 is 12.7. The van der Waals surface area contributed by atoms with Crippen molar-refractivity contribution in [3.05, 3.63) is 30.1 Å². The Labute approximate surface area is 106 Å². The Morgan fingerprint density at radius 2 is 1.89 bits per heavy atom. The van der Waals surface area contributed by atoms with Crippen LogP contribution in [0.3, 0.4) is 0 Å². The fraction of sp³-hybridized carbons (Fsp3) is 0.462. The van der Waals surface area contributed by atoms with Gasteiger partial charge in [0.25, 0.3) is 0 Å². The molecule has 0 saturated carbocycles. The third-order valence-electron chi connectivity index (χ3n) is 3.29. The first kappa shape index (κ1) is 12.8. The predicted octanol–water partition coefficient (Wildman–Crippen LogP) is 2.04. The minimum Gasteiger partial charge on any atom is -0.324 e. The first-order valence-electron chi connectivity index (χ1n) is 6.18. The zero-order valence-electron chi connectivity index (χ0n) is 10.4. The summed E-state index contributed by atoms with van der Waals surface area (Å²) in [6.07, 6.45) is 1.93. The van der Waals surface area contributed by atoms with Gasteiger partial charge in [0, 0.05) is 24.8 Å². The van der Waals surface area contributed by atoms with Crippen LogP contribution < -0.4 is 10.6 Å². The minimum absolute atomic E-state index is 0.115. The minimum atomic E-state index is -0.303. The van der Waals surface area contributed by atoms with Crippen molar-refractivity contribution in [3.8, 4) is 0 Å². The van der Waals surface area contributed by atoms with Crippen LogP contribution in [0.25, 0.3) is 0 Å². The van der Waals surface area contributed by atoms with E-state index in [0.717, 1.165) is 25.9 Å². The Balaban J connectivity index is 1.87. The Kier molecular flexibility index (Phi) is 4.15. The maximum absolute atomic E-state index is 12.7. The van der Waals surface area contributed by atoms with E-state index in [-0.39, 0.29) is 11.8 Å². The number of nitrogens with zero attached hydrogens (tertiary/aromatic N) is 1. The molecule has 2 amide bonds. The molecule has 1 aliphatic rings. The normalized spacial score (nSPS) is 16.7. The maximum Gasteiger partial charge on any atom is 0.321 e. The Bertz CT molecular complexity index is 399. The van der Waals surface area contributed by atoms with Gasteiger partial charge in [0.05, 0.1) is 0 Å². The molecule has 0 spiro atoms. The van der Waals surface area contributed by atoms with Crippen molar-refractivity contribution in [2.75, 3.05) is 25.5 Å². The summed E-state index contributed by atoms with van der Waals surface area (Å²) in [5.41, 5.74) is 0.622. The number of rotatable bonds is 2. The summed E-state index contributed by atoms with van der Waals surface area (Å²) in [7, 11) is 1.94. The quantitative estimate of drug-likeness (QED) is 0.845. The van der Waals surface area contributed by atoms with E-state index in [1.165, 1.54) is 12.1 Å². The molecule has 0 atom stereocenters. The van der Waals surface area contributed by atoms with Gasteiger partial charge in [0.15, 0.2) is 0 Å². The van der Waals surface area contributed by atoms with Crippen molar-refractivity contribution in [2.45, 2.75) is 18.9 Å². The zero-order valence-corrected chi connectivity index (χ0v) is 10.4. The molecule has 98 valence electrons. The largest absolute Gasteiger partial charge is 0.324 e. The lowest BCUT2D eigenvalue weighted by atomic mass is 10.1. The number of nitrogens with one attached hydrogen (secondary N) is 2. The van der Waals surface area contributed by atoms with E-state index in [0.29, 0.717) is 11.7 Å². The number of amides is 2. The number of benzene rings is 1. The van der Waals surface area contributed by atoms with Gasteiger partial charge >= 0.3 is 6.03 Å². The third-order valence-corrected chi connectivity index (χ3v) is 3.29. The molecular weight excluding hydrogens is 233 g/mol. The van der Waals surface area contributed by atoms with Crippen molar-refractivity contribution in [1.82, 2.24) is 10.2 Å². The fourth-order valence-corrected chi connectivity index (χ4v) is 2.11.